The summed E-state index contributed by atoms with van der Waals surface area (Å²) in [6.45, 7) is 2.58. The number of aromatic carboxylic acids is 1. The predicted octanol–water partition coefficient (Wildman–Crippen LogP) is 3.96. The molecule has 0 heterocycles. The molecule has 0 aliphatic carbocycles. The number of benzene rings is 2. The van der Waals surface area contributed by atoms with Gasteiger partial charge in [-0.3, -0.25) is 0 Å². The van der Waals surface area contributed by atoms with E-state index in [1.54, 1.807) is 18.2 Å². The van der Waals surface area contributed by atoms with Gasteiger partial charge in [0.25, 0.3) is 0 Å². The van der Waals surface area contributed by atoms with Crippen LogP contribution >= 0.6 is 11.6 Å². The number of anilines is 1. The lowest BCUT2D eigenvalue weighted by Gasteiger charge is -2.11. The molecule has 2 aromatic carbocycles. The molecule has 0 unspecified atom stereocenters. The molecule has 0 saturated carbocycles. The van der Waals surface area contributed by atoms with Gasteiger partial charge in [0.15, 0.2) is 0 Å². The van der Waals surface area contributed by atoms with Crippen LogP contribution in [-0.2, 0) is 6.54 Å². The molecular weight excluding hydrogens is 262 g/mol. The largest absolute Gasteiger partial charge is 0.478 e. The molecule has 19 heavy (non-hydrogen) atoms. The highest BCUT2D eigenvalue weighted by molar-refractivity contribution is 6.34. The number of carboxylic acids is 1. The fraction of sp³-hybridized carbons (Fsp3) is 0.133. The van der Waals surface area contributed by atoms with Crippen LogP contribution < -0.4 is 5.32 Å². The molecule has 0 atom stereocenters. The summed E-state index contributed by atoms with van der Waals surface area (Å²) in [6, 6.07) is 13.1. The third kappa shape index (κ3) is 3.26. The van der Waals surface area contributed by atoms with Gasteiger partial charge in [0.05, 0.1) is 10.7 Å². The maximum absolute atomic E-state index is 11.2. The predicted molar refractivity (Wildman–Crippen MR) is 76.9 cm³/mol. The van der Waals surface area contributed by atoms with Crippen LogP contribution in [-0.4, -0.2) is 11.1 Å². The van der Waals surface area contributed by atoms with Crippen LogP contribution in [0, 0.1) is 6.92 Å². The number of carboxylic acid groups (broad SMARTS) is 1. The van der Waals surface area contributed by atoms with Crippen molar-refractivity contribution in [2.24, 2.45) is 0 Å². The van der Waals surface area contributed by atoms with Crippen LogP contribution in [0.2, 0.25) is 5.02 Å². The number of halogens is 1. The van der Waals surface area contributed by atoms with Gasteiger partial charge in [-0.2, -0.15) is 0 Å². The molecule has 98 valence electrons. The number of nitrogens with one attached hydrogen (secondary N) is 1. The number of hydrogen-bond acceptors (Lipinski definition) is 2. The van der Waals surface area contributed by atoms with Crippen LogP contribution in [0.3, 0.4) is 0 Å². The SMILES string of the molecule is Cc1cccc(CNc2cccc(Cl)c2C(=O)O)c1. The summed E-state index contributed by atoms with van der Waals surface area (Å²) in [5.41, 5.74) is 2.90. The highest BCUT2D eigenvalue weighted by atomic mass is 35.5. The van der Waals surface area contributed by atoms with Crippen molar-refractivity contribution >= 4 is 23.3 Å². The molecule has 0 aliphatic rings. The van der Waals surface area contributed by atoms with Crippen molar-refractivity contribution in [1.29, 1.82) is 0 Å². The Kier molecular flexibility index (Phi) is 4.07. The maximum atomic E-state index is 11.2. The Balaban J connectivity index is 2.20. The van der Waals surface area contributed by atoms with Gasteiger partial charge in [-0.15, -0.1) is 0 Å². The lowest BCUT2D eigenvalue weighted by Crippen LogP contribution is -2.07. The summed E-state index contributed by atoms with van der Waals surface area (Å²) in [7, 11) is 0. The minimum atomic E-state index is -1.03. The molecule has 3 nitrogen and oxygen atoms in total. The molecule has 0 spiro atoms. The van der Waals surface area contributed by atoms with Crippen molar-refractivity contribution in [1.82, 2.24) is 0 Å². The number of carbonyl (C=O) groups is 1. The number of rotatable bonds is 4. The van der Waals surface area contributed by atoms with Crippen LogP contribution in [0.5, 0.6) is 0 Å². The zero-order valence-electron chi connectivity index (χ0n) is 10.5. The Bertz CT molecular complexity index is 611. The van der Waals surface area contributed by atoms with E-state index >= 15 is 0 Å². The van der Waals surface area contributed by atoms with E-state index in [1.165, 1.54) is 5.56 Å². The average molecular weight is 276 g/mol. The monoisotopic (exact) mass is 275 g/mol. The fourth-order valence-electron chi connectivity index (χ4n) is 1.91. The van der Waals surface area contributed by atoms with Gasteiger partial charge in [-0.25, -0.2) is 4.79 Å². The van der Waals surface area contributed by atoms with E-state index in [2.05, 4.69) is 11.4 Å². The summed E-state index contributed by atoms with van der Waals surface area (Å²) in [6.07, 6.45) is 0. The molecular formula is C15H14ClNO2. The summed E-state index contributed by atoms with van der Waals surface area (Å²) in [5, 5.41) is 12.5. The molecule has 4 heteroatoms. The second-order valence-electron chi connectivity index (χ2n) is 4.31. The standard InChI is InChI=1S/C15H14ClNO2/c1-10-4-2-5-11(8-10)9-17-13-7-3-6-12(16)14(13)15(18)19/h2-8,17H,9H2,1H3,(H,18,19). The molecule has 0 fully saturated rings. The minimum absolute atomic E-state index is 0.108. The minimum Gasteiger partial charge on any atom is -0.478 e. The normalized spacial score (nSPS) is 10.2. The van der Waals surface area contributed by atoms with Gasteiger partial charge in [0, 0.05) is 6.54 Å². The van der Waals surface area contributed by atoms with Crippen LogP contribution in [0.1, 0.15) is 21.5 Å². The zero-order chi connectivity index (χ0) is 13.8. The van der Waals surface area contributed by atoms with Crippen LogP contribution in [0.15, 0.2) is 42.5 Å². The topological polar surface area (TPSA) is 49.3 Å². The van der Waals surface area contributed by atoms with Crippen molar-refractivity contribution in [3.8, 4) is 0 Å². The van der Waals surface area contributed by atoms with Crippen molar-refractivity contribution in [3.63, 3.8) is 0 Å². The van der Waals surface area contributed by atoms with Gasteiger partial charge in [0.2, 0.25) is 0 Å². The van der Waals surface area contributed by atoms with E-state index in [0.29, 0.717) is 12.2 Å². The lowest BCUT2D eigenvalue weighted by molar-refractivity contribution is 0.0698. The number of aryl methyl sites for hydroxylation is 1. The van der Waals surface area contributed by atoms with E-state index in [0.717, 1.165) is 5.56 Å². The second-order valence-corrected chi connectivity index (χ2v) is 4.72. The summed E-state index contributed by atoms with van der Waals surface area (Å²) in [4.78, 5) is 11.2. The fourth-order valence-corrected chi connectivity index (χ4v) is 2.16. The highest BCUT2D eigenvalue weighted by Gasteiger charge is 2.13. The lowest BCUT2D eigenvalue weighted by atomic mass is 10.1. The Labute approximate surface area is 116 Å². The maximum Gasteiger partial charge on any atom is 0.339 e. The van der Waals surface area contributed by atoms with Crippen molar-refractivity contribution in [2.75, 3.05) is 5.32 Å². The Hall–Kier alpha value is -2.00. The third-order valence-electron chi connectivity index (χ3n) is 2.79. The van der Waals surface area contributed by atoms with Crippen LogP contribution in [0.25, 0.3) is 0 Å². The van der Waals surface area contributed by atoms with Gasteiger partial charge >= 0.3 is 5.97 Å². The second kappa shape index (κ2) is 5.76. The average Bonchev–Trinajstić information content (AvgIpc) is 2.36. The smallest absolute Gasteiger partial charge is 0.339 e. The molecule has 0 saturated heterocycles. The van der Waals surface area contributed by atoms with E-state index in [9.17, 15) is 4.79 Å². The first-order chi connectivity index (χ1) is 9.08. The molecule has 0 radical (unpaired) electrons. The Morgan fingerprint density at radius 1 is 1.26 bits per heavy atom. The van der Waals surface area contributed by atoms with E-state index in [1.807, 2.05) is 25.1 Å². The van der Waals surface area contributed by atoms with Gasteiger partial charge in [0.1, 0.15) is 5.56 Å². The zero-order valence-corrected chi connectivity index (χ0v) is 11.2. The van der Waals surface area contributed by atoms with E-state index in [4.69, 9.17) is 16.7 Å². The molecule has 2 N–H and O–H groups in total. The first-order valence-electron chi connectivity index (χ1n) is 5.89. The first-order valence-corrected chi connectivity index (χ1v) is 6.27. The van der Waals surface area contributed by atoms with Crippen molar-refractivity contribution in [2.45, 2.75) is 13.5 Å². The molecule has 0 aromatic heterocycles. The molecule has 0 bridgehead atoms. The van der Waals surface area contributed by atoms with E-state index in [-0.39, 0.29) is 10.6 Å². The van der Waals surface area contributed by atoms with Crippen molar-refractivity contribution < 1.29 is 9.90 Å². The number of hydrogen-bond donors (Lipinski definition) is 2. The molecule has 2 aromatic rings. The molecule has 0 aliphatic heterocycles. The highest BCUT2D eigenvalue weighted by Crippen LogP contribution is 2.24. The summed E-state index contributed by atoms with van der Waals surface area (Å²) >= 11 is 5.91. The first kappa shape index (κ1) is 13.4. The quantitative estimate of drug-likeness (QED) is 0.888. The van der Waals surface area contributed by atoms with Crippen LogP contribution in [0.4, 0.5) is 5.69 Å². The van der Waals surface area contributed by atoms with E-state index < -0.39 is 5.97 Å². The van der Waals surface area contributed by atoms with Gasteiger partial charge in [-0.1, -0.05) is 47.5 Å². The van der Waals surface area contributed by atoms with Gasteiger partial charge < -0.3 is 10.4 Å². The Morgan fingerprint density at radius 3 is 2.68 bits per heavy atom. The molecule has 2 rings (SSSR count). The molecule has 0 amide bonds. The summed E-state index contributed by atoms with van der Waals surface area (Å²) < 4.78 is 0. The Morgan fingerprint density at radius 2 is 2.00 bits per heavy atom. The van der Waals surface area contributed by atoms with Gasteiger partial charge in [-0.05, 0) is 24.6 Å². The third-order valence-corrected chi connectivity index (χ3v) is 3.11. The van der Waals surface area contributed by atoms with Crippen molar-refractivity contribution in [3.05, 3.63) is 64.2 Å². The summed E-state index contributed by atoms with van der Waals surface area (Å²) in [5.74, 6) is -1.03.